The van der Waals surface area contributed by atoms with Gasteiger partial charge in [0.15, 0.2) is 5.82 Å². The molecule has 2 aromatic rings. The van der Waals surface area contributed by atoms with Crippen molar-refractivity contribution in [1.82, 2.24) is 20.2 Å². The molecule has 1 N–H and O–H groups in total. The number of rotatable bonds is 7. The van der Waals surface area contributed by atoms with Crippen LogP contribution in [0, 0.1) is 6.92 Å². The lowest BCUT2D eigenvalue weighted by atomic mass is 10.0. The number of hydrogen-bond donors (Lipinski definition) is 1. The molecule has 1 saturated heterocycles. The van der Waals surface area contributed by atoms with Crippen LogP contribution in [0.3, 0.4) is 0 Å². The molecule has 1 fully saturated rings. The first-order chi connectivity index (χ1) is 14.5. The Morgan fingerprint density at radius 1 is 1.30 bits per heavy atom. The van der Waals surface area contributed by atoms with Gasteiger partial charge >= 0.3 is 0 Å². The summed E-state index contributed by atoms with van der Waals surface area (Å²) in [5, 5.41) is 2.91. The van der Waals surface area contributed by atoms with Crippen LogP contribution in [0.1, 0.15) is 72.5 Å². The molecule has 0 bridgehead atoms. The number of benzene rings is 1. The molecule has 0 spiro atoms. The van der Waals surface area contributed by atoms with Crippen molar-refractivity contribution in [3.8, 4) is 5.75 Å². The number of piperidine rings is 1. The summed E-state index contributed by atoms with van der Waals surface area (Å²) in [6.07, 6.45) is 5.86. The highest BCUT2D eigenvalue weighted by Crippen LogP contribution is 2.30. The predicted molar refractivity (Wildman–Crippen MR) is 114 cm³/mol. The maximum absolute atomic E-state index is 12.7. The van der Waals surface area contributed by atoms with Crippen LogP contribution < -0.4 is 10.1 Å². The van der Waals surface area contributed by atoms with E-state index in [-0.39, 0.29) is 17.9 Å². The lowest BCUT2D eigenvalue weighted by Gasteiger charge is -2.35. The fraction of sp³-hybridized carbons (Fsp3) is 0.478. The molecule has 2 amide bonds. The summed E-state index contributed by atoms with van der Waals surface area (Å²) in [4.78, 5) is 36.1. The molecule has 30 heavy (non-hydrogen) atoms. The normalized spacial score (nSPS) is 16.2. The molecule has 3 rings (SSSR count). The Hall–Kier alpha value is -2.96. The Morgan fingerprint density at radius 2 is 2.13 bits per heavy atom. The van der Waals surface area contributed by atoms with Crippen LogP contribution in [-0.2, 0) is 11.3 Å². The first kappa shape index (κ1) is 21.7. The third-order valence-corrected chi connectivity index (χ3v) is 5.41. The zero-order chi connectivity index (χ0) is 21.5. The maximum Gasteiger partial charge on any atom is 0.254 e. The lowest BCUT2D eigenvalue weighted by molar-refractivity contribution is -0.135. The van der Waals surface area contributed by atoms with Crippen LogP contribution in [-0.4, -0.2) is 40.3 Å². The summed E-state index contributed by atoms with van der Waals surface area (Å²) in [6, 6.07) is 7.46. The molecule has 1 aliphatic heterocycles. The van der Waals surface area contributed by atoms with Gasteiger partial charge in [0.2, 0.25) is 5.91 Å². The molecule has 160 valence electrons. The Bertz CT molecular complexity index is 900. The molecule has 7 nitrogen and oxygen atoms in total. The van der Waals surface area contributed by atoms with Gasteiger partial charge < -0.3 is 15.0 Å². The zero-order valence-corrected chi connectivity index (χ0v) is 18.0. The second-order valence-electron chi connectivity index (χ2n) is 7.61. The smallest absolute Gasteiger partial charge is 0.254 e. The highest BCUT2D eigenvalue weighted by Gasteiger charge is 2.30. The quantitative estimate of drug-likeness (QED) is 0.754. The van der Waals surface area contributed by atoms with Crippen LogP contribution in [0.2, 0.25) is 0 Å². The van der Waals surface area contributed by atoms with E-state index in [4.69, 9.17) is 4.74 Å². The van der Waals surface area contributed by atoms with Gasteiger partial charge in [-0.1, -0.05) is 19.1 Å². The van der Waals surface area contributed by atoms with Gasteiger partial charge in [0.05, 0.1) is 24.4 Å². The van der Waals surface area contributed by atoms with E-state index < -0.39 is 0 Å². The van der Waals surface area contributed by atoms with Gasteiger partial charge in [0, 0.05) is 25.7 Å². The van der Waals surface area contributed by atoms with Gasteiger partial charge in [-0.05, 0) is 50.3 Å². The minimum Gasteiger partial charge on any atom is -0.497 e. The SMILES string of the molecule is CCCC(=O)N1CCCC[C@@H]1c1ncc(C(=O)NCc2cccc(OC)c2)c(C)n1. The molecule has 1 aliphatic rings. The average Bonchev–Trinajstić information content (AvgIpc) is 2.77. The summed E-state index contributed by atoms with van der Waals surface area (Å²) in [7, 11) is 1.61. The van der Waals surface area contributed by atoms with E-state index in [1.807, 2.05) is 43.0 Å². The van der Waals surface area contributed by atoms with Gasteiger partial charge in [0.25, 0.3) is 5.91 Å². The highest BCUT2D eigenvalue weighted by molar-refractivity contribution is 5.94. The van der Waals surface area contributed by atoms with E-state index >= 15 is 0 Å². The number of hydrogen-bond acceptors (Lipinski definition) is 5. The maximum atomic E-state index is 12.7. The van der Waals surface area contributed by atoms with Crippen molar-refractivity contribution in [3.63, 3.8) is 0 Å². The summed E-state index contributed by atoms with van der Waals surface area (Å²) >= 11 is 0. The van der Waals surface area contributed by atoms with Crippen molar-refractivity contribution in [1.29, 1.82) is 0 Å². The molecular formula is C23H30N4O3. The molecule has 0 aliphatic carbocycles. The number of likely N-dealkylation sites (tertiary alicyclic amines) is 1. The van der Waals surface area contributed by atoms with Gasteiger partial charge in [-0.25, -0.2) is 9.97 Å². The minimum atomic E-state index is -0.218. The number of aryl methyl sites for hydroxylation is 1. The zero-order valence-electron chi connectivity index (χ0n) is 18.0. The summed E-state index contributed by atoms with van der Waals surface area (Å²) < 4.78 is 5.22. The number of methoxy groups -OCH3 is 1. The first-order valence-electron chi connectivity index (χ1n) is 10.6. The van der Waals surface area contributed by atoms with E-state index in [0.29, 0.717) is 30.0 Å². The second-order valence-corrected chi connectivity index (χ2v) is 7.61. The third kappa shape index (κ3) is 5.14. The lowest BCUT2D eigenvalue weighted by Crippen LogP contribution is -2.39. The first-order valence-corrected chi connectivity index (χ1v) is 10.6. The summed E-state index contributed by atoms with van der Waals surface area (Å²) in [5.41, 5.74) is 2.02. The Labute approximate surface area is 177 Å². The van der Waals surface area contributed by atoms with E-state index in [0.717, 1.165) is 43.5 Å². The van der Waals surface area contributed by atoms with Crippen LogP contribution in [0.25, 0.3) is 0 Å². The van der Waals surface area contributed by atoms with E-state index in [1.54, 1.807) is 13.3 Å². The average molecular weight is 411 g/mol. The largest absolute Gasteiger partial charge is 0.497 e. The number of nitrogens with zero attached hydrogens (tertiary/aromatic N) is 3. The topological polar surface area (TPSA) is 84.4 Å². The molecule has 0 saturated carbocycles. The number of carbonyl (C=O) groups is 2. The summed E-state index contributed by atoms with van der Waals surface area (Å²) in [5.74, 6) is 1.31. The van der Waals surface area contributed by atoms with E-state index in [1.165, 1.54) is 0 Å². The van der Waals surface area contributed by atoms with Crippen LogP contribution >= 0.6 is 0 Å². The molecule has 0 radical (unpaired) electrons. The highest BCUT2D eigenvalue weighted by atomic mass is 16.5. The van der Waals surface area contributed by atoms with Crippen molar-refractivity contribution < 1.29 is 14.3 Å². The molecular weight excluding hydrogens is 380 g/mol. The second kappa shape index (κ2) is 10.2. The van der Waals surface area contributed by atoms with E-state index in [9.17, 15) is 9.59 Å². The van der Waals surface area contributed by atoms with Gasteiger partial charge in [-0.2, -0.15) is 0 Å². The van der Waals surface area contributed by atoms with Crippen molar-refractivity contribution in [2.75, 3.05) is 13.7 Å². The van der Waals surface area contributed by atoms with Crippen molar-refractivity contribution in [2.24, 2.45) is 0 Å². The molecule has 1 aromatic heterocycles. The Kier molecular flexibility index (Phi) is 7.38. The minimum absolute atomic E-state index is 0.106. The fourth-order valence-corrected chi connectivity index (χ4v) is 3.78. The number of amides is 2. The fourth-order valence-electron chi connectivity index (χ4n) is 3.78. The predicted octanol–water partition coefficient (Wildman–Crippen LogP) is 3.58. The number of carbonyl (C=O) groups excluding carboxylic acids is 2. The molecule has 7 heteroatoms. The van der Waals surface area contributed by atoms with Crippen LogP contribution in [0.5, 0.6) is 5.75 Å². The van der Waals surface area contributed by atoms with Gasteiger partial charge in [-0.15, -0.1) is 0 Å². The van der Waals surface area contributed by atoms with Crippen LogP contribution in [0.15, 0.2) is 30.5 Å². The molecule has 2 heterocycles. The molecule has 1 aromatic carbocycles. The molecule has 1 atom stereocenters. The molecule has 0 unspecified atom stereocenters. The van der Waals surface area contributed by atoms with Crippen molar-refractivity contribution >= 4 is 11.8 Å². The van der Waals surface area contributed by atoms with Crippen molar-refractivity contribution in [2.45, 2.75) is 58.5 Å². The Balaban J connectivity index is 1.70. The Morgan fingerprint density at radius 3 is 2.87 bits per heavy atom. The number of aromatic nitrogens is 2. The van der Waals surface area contributed by atoms with Crippen LogP contribution in [0.4, 0.5) is 0 Å². The standard InChI is InChI=1S/C23H30N4O3/c1-4-8-21(28)27-12-6-5-11-20(27)22-24-15-19(16(2)26-22)23(29)25-14-17-9-7-10-18(13-17)30-3/h7,9-10,13,15,20H,4-6,8,11-12,14H2,1-3H3,(H,25,29)/t20-/m1/s1. The van der Waals surface area contributed by atoms with Gasteiger partial charge in [-0.3, -0.25) is 9.59 Å². The third-order valence-electron chi connectivity index (χ3n) is 5.41. The van der Waals surface area contributed by atoms with Gasteiger partial charge in [0.1, 0.15) is 5.75 Å². The van der Waals surface area contributed by atoms with Crippen molar-refractivity contribution in [3.05, 3.63) is 53.1 Å². The number of ether oxygens (including phenoxy) is 1. The van der Waals surface area contributed by atoms with E-state index in [2.05, 4.69) is 15.3 Å². The monoisotopic (exact) mass is 410 g/mol. The summed E-state index contributed by atoms with van der Waals surface area (Å²) in [6.45, 7) is 4.96. The number of nitrogens with one attached hydrogen (secondary N) is 1.